The third kappa shape index (κ3) is 3.62. The van der Waals surface area contributed by atoms with E-state index < -0.39 is 104 Å². The van der Waals surface area contributed by atoms with Crippen LogP contribution in [0.5, 0.6) is 23.0 Å². The topological polar surface area (TPSA) is 18.5 Å². The minimum absolute atomic E-state index is 2.44. The van der Waals surface area contributed by atoms with E-state index in [2.05, 4.69) is 9.47 Å². The van der Waals surface area contributed by atoms with Crippen molar-refractivity contribution in [2.45, 2.75) is 0 Å². The predicted octanol–water partition coefficient (Wildman–Crippen LogP) is 7.22. The molecule has 3 aromatic carbocycles. The molecule has 16 heteroatoms. The first-order valence-electron chi connectivity index (χ1n) is 7.96. The van der Waals surface area contributed by atoms with Crippen molar-refractivity contribution >= 4 is 0 Å². The van der Waals surface area contributed by atoms with Gasteiger partial charge in [-0.05, 0) is 0 Å². The molecule has 0 amide bonds. The van der Waals surface area contributed by atoms with Gasteiger partial charge in [-0.15, -0.1) is 0 Å². The second kappa shape index (κ2) is 8.57. The Labute approximate surface area is 176 Å². The van der Waals surface area contributed by atoms with Gasteiger partial charge in [0.15, 0.2) is 0 Å². The molecule has 0 atom stereocenters. The standard InChI is InChI=1S/C18F14O2/c19-1-3(21)9(27)15(10(28)4(1)22)33-17-13(31)7(25)8(26)14(32)18(17)34-16-11(29)5(23)2(20)6(24)12(16)30. The summed E-state index contributed by atoms with van der Waals surface area (Å²) in [4.78, 5) is 0. The zero-order valence-electron chi connectivity index (χ0n) is 15.1. The summed E-state index contributed by atoms with van der Waals surface area (Å²) in [6.45, 7) is 0. The quantitative estimate of drug-likeness (QED) is 0.208. The smallest absolute Gasteiger partial charge is 0.212 e. The van der Waals surface area contributed by atoms with Gasteiger partial charge in [-0.2, -0.15) is 26.3 Å². The van der Waals surface area contributed by atoms with Crippen LogP contribution in [0, 0.1) is 81.4 Å². The first kappa shape index (κ1) is 24.9. The Hall–Kier alpha value is -3.72. The molecule has 3 rings (SSSR count). The molecule has 2 nitrogen and oxygen atoms in total. The average Bonchev–Trinajstić information content (AvgIpc) is 2.82. The molecule has 0 fully saturated rings. The maximum Gasteiger partial charge on any atom is 0.212 e. The van der Waals surface area contributed by atoms with E-state index in [0.717, 1.165) is 0 Å². The molecule has 0 aliphatic heterocycles. The van der Waals surface area contributed by atoms with Gasteiger partial charge in [0, 0.05) is 0 Å². The summed E-state index contributed by atoms with van der Waals surface area (Å²) in [7, 11) is 0. The third-order valence-electron chi connectivity index (χ3n) is 3.93. The van der Waals surface area contributed by atoms with Gasteiger partial charge in [0.25, 0.3) is 0 Å². The molecule has 0 saturated carbocycles. The largest absolute Gasteiger partial charge is 0.444 e. The molecule has 0 bridgehead atoms. The van der Waals surface area contributed by atoms with Gasteiger partial charge in [0.1, 0.15) is 0 Å². The summed E-state index contributed by atoms with van der Waals surface area (Å²) in [5.74, 6) is -49.1. The van der Waals surface area contributed by atoms with Gasteiger partial charge in [-0.3, -0.25) is 0 Å². The molecule has 0 aromatic heterocycles. The van der Waals surface area contributed by atoms with Crippen LogP contribution in [0.1, 0.15) is 0 Å². The number of hydrogen-bond acceptors (Lipinski definition) is 2. The van der Waals surface area contributed by atoms with Crippen LogP contribution >= 0.6 is 0 Å². The van der Waals surface area contributed by atoms with Gasteiger partial charge in [-0.1, -0.05) is 0 Å². The molecule has 0 radical (unpaired) electrons. The van der Waals surface area contributed by atoms with E-state index in [4.69, 9.17) is 0 Å². The Morgan fingerprint density at radius 2 is 0.353 bits per heavy atom. The SMILES string of the molecule is Fc1c(F)c(F)c(Oc2c(F)c(F)c(F)c(F)c2Oc2c(F)c(F)c(F)c(F)c2F)c(F)c1F. The molecule has 0 aliphatic carbocycles. The maximum absolute atomic E-state index is 14.2. The van der Waals surface area contributed by atoms with E-state index in [9.17, 15) is 61.5 Å². The molecular weight excluding hydrogens is 514 g/mol. The zero-order valence-corrected chi connectivity index (χ0v) is 15.1. The van der Waals surface area contributed by atoms with Crippen molar-refractivity contribution in [1.29, 1.82) is 0 Å². The predicted molar refractivity (Wildman–Crippen MR) is 78.9 cm³/mol. The second-order valence-corrected chi connectivity index (χ2v) is 5.92. The lowest BCUT2D eigenvalue weighted by Gasteiger charge is -2.17. The molecule has 0 unspecified atom stereocenters. The minimum Gasteiger partial charge on any atom is -0.444 e. The van der Waals surface area contributed by atoms with Gasteiger partial charge >= 0.3 is 0 Å². The highest BCUT2D eigenvalue weighted by atomic mass is 19.2. The molecule has 0 N–H and O–H groups in total. The maximum atomic E-state index is 14.2. The second-order valence-electron chi connectivity index (χ2n) is 5.92. The van der Waals surface area contributed by atoms with Crippen LogP contribution in [0.2, 0.25) is 0 Å². The van der Waals surface area contributed by atoms with Crippen molar-refractivity contribution in [1.82, 2.24) is 0 Å². The van der Waals surface area contributed by atoms with E-state index in [1.807, 2.05) is 0 Å². The van der Waals surface area contributed by atoms with E-state index in [1.54, 1.807) is 0 Å². The first-order valence-corrected chi connectivity index (χ1v) is 7.96. The number of hydrogen-bond donors (Lipinski definition) is 0. The molecule has 0 saturated heterocycles. The van der Waals surface area contributed by atoms with E-state index >= 15 is 0 Å². The number of rotatable bonds is 4. The lowest BCUT2D eigenvalue weighted by molar-refractivity contribution is 0.285. The fourth-order valence-electron chi connectivity index (χ4n) is 2.33. The van der Waals surface area contributed by atoms with Crippen LogP contribution in [0.15, 0.2) is 0 Å². The highest BCUT2D eigenvalue weighted by molar-refractivity contribution is 5.49. The Balaban J connectivity index is 2.32. The first-order chi connectivity index (χ1) is 15.7. The van der Waals surface area contributed by atoms with Gasteiger partial charge in [0.05, 0.1) is 0 Å². The number of halogens is 14. The van der Waals surface area contributed by atoms with Crippen molar-refractivity contribution in [3.63, 3.8) is 0 Å². The van der Waals surface area contributed by atoms with Crippen molar-refractivity contribution in [3.05, 3.63) is 81.4 Å². The third-order valence-corrected chi connectivity index (χ3v) is 3.93. The van der Waals surface area contributed by atoms with Crippen LogP contribution in [0.3, 0.4) is 0 Å². The van der Waals surface area contributed by atoms with Crippen LogP contribution in [-0.2, 0) is 0 Å². The molecule has 3 aromatic rings. The summed E-state index contributed by atoms with van der Waals surface area (Å²) in [5, 5.41) is 0. The molecule has 0 heterocycles. The molecule has 34 heavy (non-hydrogen) atoms. The fourth-order valence-corrected chi connectivity index (χ4v) is 2.33. The van der Waals surface area contributed by atoms with Crippen LogP contribution < -0.4 is 9.47 Å². The summed E-state index contributed by atoms with van der Waals surface area (Å²) in [6.07, 6.45) is 0. The average molecular weight is 514 g/mol. The molecule has 0 spiro atoms. The van der Waals surface area contributed by atoms with Crippen LogP contribution in [-0.4, -0.2) is 0 Å². The Morgan fingerprint density at radius 1 is 0.206 bits per heavy atom. The zero-order chi connectivity index (χ0) is 25.8. The minimum atomic E-state index is -2.86. The Bertz CT molecular complexity index is 1190. The molecule has 182 valence electrons. The van der Waals surface area contributed by atoms with Crippen molar-refractivity contribution < 1.29 is 70.9 Å². The Kier molecular flexibility index (Phi) is 6.28. The fraction of sp³-hybridized carbons (Fsp3) is 0. The lowest BCUT2D eigenvalue weighted by atomic mass is 10.2. The summed E-state index contributed by atoms with van der Waals surface area (Å²) in [5.41, 5.74) is 0. The van der Waals surface area contributed by atoms with E-state index in [-0.39, 0.29) is 0 Å². The summed E-state index contributed by atoms with van der Waals surface area (Å²) in [6, 6.07) is 0. The van der Waals surface area contributed by atoms with Crippen LogP contribution in [0.25, 0.3) is 0 Å². The highest BCUT2D eigenvalue weighted by Gasteiger charge is 2.35. The van der Waals surface area contributed by atoms with Gasteiger partial charge in [-0.25, -0.2) is 35.1 Å². The monoisotopic (exact) mass is 514 g/mol. The van der Waals surface area contributed by atoms with E-state index in [0.29, 0.717) is 0 Å². The normalized spacial score (nSPS) is 11.2. The summed E-state index contributed by atoms with van der Waals surface area (Å²) < 4.78 is 198. The molecular formula is C18F14O2. The van der Waals surface area contributed by atoms with Crippen molar-refractivity contribution in [2.24, 2.45) is 0 Å². The van der Waals surface area contributed by atoms with Gasteiger partial charge < -0.3 is 9.47 Å². The van der Waals surface area contributed by atoms with Crippen molar-refractivity contribution in [2.75, 3.05) is 0 Å². The van der Waals surface area contributed by atoms with E-state index in [1.165, 1.54) is 0 Å². The van der Waals surface area contributed by atoms with Crippen LogP contribution in [0.4, 0.5) is 61.5 Å². The Morgan fingerprint density at radius 3 is 0.559 bits per heavy atom. The highest BCUT2D eigenvalue weighted by Crippen LogP contribution is 2.45. The lowest BCUT2D eigenvalue weighted by Crippen LogP contribution is -2.10. The van der Waals surface area contributed by atoms with Crippen molar-refractivity contribution in [3.8, 4) is 23.0 Å². The molecule has 0 aliphatic rings. The number of ether oxygens (including phenoxy) is 2. The number of benzene rings is 3. The van der Waals surface area contributed by atoms with Gasteiger partial charge in [0.2, 0.25) is 104 Å². The summed E-state index contributed by atoms with van der Waals surface area (Å²) >= 11 is 0.